The van der Waals surface area contributed by atoms with Gasteiger partial charge in [0.15, 0.2) is 0 Å². The molecule has 1 aromatic heterocycles. The Morgan fingerprint density at radius 2 is 1.90 bits per heavy atom. The van der Waals surface area contributed by atoms with Crippen molar-refractivity contribution in [2.75, 3.05) is 0 Å². The van der Waals surface area contributed by atoms with E-state index in [1.807, 2.05) is 13.8 Å². The number of benzene rings is 2. The molecule has 0 saturated heterocycles. The maximum absolute atomic E-state index is 13.0. The van der Waals surface area contributed by atoms with Gasteiger partial charge < -0.3 is 4.57 Å². The van der Waals surface area contributed by atoms with Gasteiger partial charge in [0, 0.05) is 6.54 Å². The van der Waals surface area contributed by atoms with Gasteiger partial charge in [0.05, 0.1) is 16.4 Å². The van der Waals surface area contributed by atoms with E-state index in [1.165, 1.54) is 17.7 Å². The highest BCUT2D eigenvalue weighted by Gasteiger charge is 2.15. The van der Waals surface area contributed by atoms with Crippen molar-refractivity contribution >= 4 is 22.6 Å². The van der Waals surface area contributed by atoms with Crippen molar-refractivity contribution in [1.82, 2.24) is 9.55 Å². The van der Waals surface area contributed by atoms with Crippen LogP contribution in [0.25, 0.3) is 11.0 Å². The van der Waals surface area contributed by atoms with Crippen LogP contribution in [0.1, 0.15) is 29.3 Å². The summed E-state index contributed by atoms with van der Waals surface area (Å²) >= 11 is 6.27. The molecule has 1 unspecified atom stereocenters. The summed E-state index contributed by atoms with van der Waals surface area (Å²) in [5.74, 6) is 0.609. The lowest BCUT2D eigenvalue weighted by Crippen LogP contribution is -2.05. The van der Waals surface area contributed by atoms with Crippen LogP contribution in [0.5, 0.6) is 0 Å². The molecule has 0 aliphatic rings. The molecular weight excluding hydrogens is 287 g/mol. The minimum Gasteiger partial charge on any atom is -0.322 e. The lowest BCUT2D eigenvalue weighted by Gasteiger charge is -2.10. The van der Waals surface area contributed by atoms with Crippen LogP contribution in [0, 0.1) is 12.7 Å². The molecule has 2 nitrogen and oxygen atoms in total. The van der Waals surface area contributed by atoms with Crippen LogP contribution in [0.15, 0.2) is 42.5 Å². The third kappa shape index (κ3) is 2.79. The molecule has 0 spiro atoms. The van der Waals surface area contributed by atoms with E-state index in [0.29, 0.717) is 6.54 Å². The molecule has 0 aliphatic heterocycles. The Morgan fingerprint density at radius 1 is 1.19 bits per heavy atom. The van der Waals surface area contributed by atoms with Gasteiger partial charge in [-0.15, -0.1) is 11.6 Å². The molecule has 0 fully saturated rings. The number of nitrogens with zero attached hydrogens (tertiary/aromatic N) is 2. The first-order valence-corrected chi connectivity index (χ1v) is 7.33. The van der Waals surface area contributed by atoms with E-state index in [9.17, 15) is 4.39 Å². The van der Waals surface area contributed by atoms with Crippen molar-refractivity contribution in [3.63, 3.8) is 0 Å². The lowest BCUT2D eigenvalue weighted by atomic mass is 10.2. The van der Waals surface area contributed by atoms with E-state index in [0.717, 1.165) is 22.4 Å². The van der Waals surface area contributed by atoms with Crippen LogP contribution in [0.3, 0.4) is 0 Å². The summed E-state index contributed by atoms with van der Waals surface area (Å²) in [4.78, 5) is 4.64. The second kappa shape index (κ2) is 5.49. The van der Waals surface area contributed by atoms with Crippen LogP contribution >= 0.6 is 11.6 Å². The first-order chi connectivity index (χ1) is 10.0. The van der Waals surface area contributed by atoms with E-state index in [-0.39, 0.29) is 11.2 Å². The van der Waals surface area contributed by atoms with E-state index >= 15 is 0 Å². The summed E-state index contributed by atoms with van der Waals surface area (Å²) in [6.07, 6.45) is 0. The number of alkyl halides is 1. The predicted molar refractivity (Wildman–Crippen MR) is 84.2 cm³/mol. The lowest BCUT2D eigenvalue weighted by molar-refractivity contribution is 0.626. The Balaban J connectivity index is 2.10. The molecule has 1 heterocycles. The molecule has 3 rings (SSSR count). The molecule has 0 N–H and O–H groups in total. The summed E-state index contributed by atoms with van der Waals surface area (Å²) in [5.41, 5.74) is 4.18. The van der Waals surface area contributed by atoms with Crippen molar-refractivity contribution in [1.29, 1.82) is 0 Å². The van der Waals surface area contributed by atoms with Crippen molar-refractivity contribution in [2.45, 2.75) is 25.8 Å². The number of fused-ring (bicyclic) bond motifs is 1. The molecule has 3 aromatic rings. The zero-order valence-corrected chi connectivity index (χ0v) is 12.7. The largest absolute Gasteiger partial charge is 0.322 e. The van der Waals surface area contributed by atoms with Gasteiger partial charge in [-0.1, -0.05) is 18.2 Å². The molecule has 108 valence electrons. The molecule has 21 heavy (non-hydrogen) atoms. The molecular formula is C17H16ClFN2. The van der Waals surface area contributed by atoms with Crippen molar-refractivity contribution in [3.05, 3.63) is 65.2 Å². The number of hydrogen-bond donors (Lipinski definition) is 0. The van der Waals surface area contributed by atoms with Gasteiger partial charge >= 0.3 is 0 Å². The smallest absolute Gasteiger partial charge is 0.128 e. The van der Waals surface area contributed by atoms with Gasteiger partial charge in [-0.25, -0.2) is 9.37 Å². The maximum Gasteiger partial charge on any atom is 0.128 e. The normalized spacial score (nSPS) is 12.8. The number of rotatable bonds is 3. The fraction of sp³-hybridized carbons (Fsp3) is 0.235. The number of aryl methyl sites for hydroxylation is 1. The SMILES string of the molecule is Cc1ccc2c(c1)nc(C(C)Cl)n2Cc1ccc(F)cc1. The van der Waals surface area contributed by atoms with Gasteiger partial charge in [0.25, 0.3) is 0 Å². The summed E-state index contributed by atoms with van der Waals surface area (Å²) in [6.45, 7) is 4.59. The number of halogens is 2. The fourth-order valence-electron chi connectivity index (χ4n) is 2.50. The topological polar surface area (TPSA) is 17.8 Å². The molecule has 0 radical (unpaired) electrons. The second-order valence-electron chi connectivity index (χ2n) is 5.29. The molecule has 0 amide bonds. The molecule has 0 bridgehead atoms. The number of aromatic nitrogens is 2. The van der Waals surface area contributed by atoms with E-state index < -0.39 is 0 Å². The van der Waals surface area contributed by atoms with E-state index in [1.54, 1.807) is 12.1 Å². The summed E-state index contributed by atoms with van der Waals surface area (Å²) < 4.78 is 15.1. The highest BCUT2D eigenvalue weighted by molar-refractivity contribution is 6.20. The maximum atomic E-state index is 13.0. The second-order valence-corrected chi connectivity index (χ2v) is 5.95. The monoisotopic (exact) mass is 302 g/mol. The average Bonchev–Trinajstić information content (AvgIpc) is 2.79. The quantitative estimate of drug-likeness (QED) is 0.634. The van der Waals surface area contributed by atoms with E-state index in [2.05, 4.69) is 27.8 Å². The van der Waals surface area contributed by atoms with Crippen LogP contribution in [0.4, 0.5) is 4.39 Å². The Kier molecular flexibility index (Phi) is 3.68. The van der Waals surface area contributed by atoms with Gasteiger partial charge in [0.2, 0.25) is 0 Å². The Bertz CT molecular complexity index is 775. The van der Waals surface area contributed by atoms with Gasteiger partial charge in [-0.05, 0) is 49.2 Å². The highest BCUT2D eigenvalue weighted by atomic mass is 35.5. The third-order valence-corrected chi connectivity index (χ3v) is 3.74. The molecule has 2 aromatic carbocycles. The van der Waals surface area contributed by atoms with Gasteiger partial charge in [-0.2, -0.15) is 0 Å². The molecule has 0 saturated carbocycles. The standard InChI is InChI=1S/C17H16ClFN2/c1-11-3-8-16-15(9-11)20-17(12(2)18)21(16)10-13-4-6-14(19)7-5-13/h3-9,12H,10H2,1-2H3. The van der Waals surface area contributed by atoms with Crippen molar-refractivity contribution < 1.29 is 4.39 Å². The summed E-state index contributed by atoms with van der Waals surface area (Å²) in [5, 5.41) is -0.182. The average molecular weight is 303 g/mol. The highest BCUT2D eigenvalue weighted by Crippen LogP contribution is 2.26. The van der Waals surface area contributed by atoms with Gasteiger partial charge in [-0.3, -0.25) is 0 Å². The number of hydrogen-bond acceptors (Lipinski definition) is 1. The minimum absolute atomic E-state index is 0.182. The predicted octanol–water partition coefficient (Wildman–Crippen LogP) is 4.83. The summed E-state index contributed by atoms with van der Waals surface area (Å²) in [7, 11) is 0. The van der Waals surface area contributed by atoms with Crippen LogP contribution in [-0.2, 0) is 6.54 Å². The zero-order valence-electron chi connectivity index (χ0n) is 12.0. The Hall–Kier alpha value is -1.87. The minimum atomic E-state index is -0.226. The van der Waals surface area contributed by atoms with Gasteiger partial charge in [0.1, 0.15) is 11.6 Å². The molecule has 4 heteroatoms. The summed E-state index contributed by atoms with van der Waals surface area (Å²) in [6, 6.07) is 12.7. The first kappa shape index (κ1) is 14.1. The van der Waals surface area contributed by atoms with Crippen LogP contribution < -0.4 is 0 Å². The molecule has 1 atom stereocenters. The number of imidazole rings is 1. The van der Waals surface area contributed by atoms with E-state index in [4.69, 9.17) is 11.6 Å². The fourth-order valence-corrected chi connectivity index (χ4v) is 2.67. The van der Waals surface area contributed by atoms with Crippen molar-refractivity contribution in [3.8, 4) is 0 Å². The van der Waals surface area contributed by atoms with Crippen LogP contribution in [-0.4, -0.2) is 9.55 Å². The van der Waals surface area contributed by atoms with Crippen molar-refractivity contribution in [2.24, 2.45) is 0 Å². The Labute approximate surface area is 128 Å². The first-order valence-electron chi connectivity index (χ1n) is 6.90. The Morgan fingerprint density at radius 3 is 2.57 bits per heavy atom. The molecule has 0 aliphatic carbocycles. The van der Waals surface area contributed by atoms with Crippen LogP contribution in [0.2, 0.25) is 0 Å². The third-order valence-electron chi connectivity index (χ3n) is 3.54. The zero-order chi connectivity index (χ0) is 15.0.